The molecule has 8 heteroatoms. The Kier molecular flexibility index (Phi) is 12.2. The third-order valence-electron chi connectivity index (χ3n) is 19.0. The molecule has 3 aliphatic carbocycles. The normalized spacial score (nSPS) is 13.7. The monoisotopic (exact) mass is 1200 g/mol. The summed E-state index contributed by atoms with van der Waals surface area (Å²) in [5, 5.41) is 4.37. The SMILES string of the molecule is c1ccc(-c2nc(-c3ccc(-c4ccc5c(c4)C4c6ccccc6C5c5cc(-c6ccc(-c7nc(-c8ccccc8)nc(-c8cccc(-c9cccc%10c9oc9ccccc9%10)c8)n7)cc6)ccc54)cc3)nc(-c3cccc(-c4cccc5c4oc4ccccc45)c3)n2)cc1. The molecule has 2 bridgehead atoms. The average Bonchev–Trinajstić information content (AvgIpc) is 0.924. The maximum absolute atomic E-state index is 6.47. The van der Waals surface area contributed by atoms with Gasteiger partial charge in [-0.15, -0.1) is 0 Å². The van der Waals surface area contributed by atoms with E-state index in [2.05, 4.69) is 218 Å². The summed E-state index contributed by atoms with van der Waals surface area (Å²) in [6.07, 6.45) is 0. The van der Waals surface area contributed by atoms with Crippen LogP contribution in [0, 0.1) is 0 Å². The summed E-state index contributed by atoms with van der Waals surface area (Å²) in [6.45, 7) is 0. The molecule has 0 spiro atoms. The second-order valence-electron chi connectivity index (χ2n) is 24.4. The van der Waals surface area contributed by atoms with Gasteiger partial charge in [-0.05, 0) is 103 Å². The molecule has 17 aromatic rings. The van der Waals surface area contributed by atoms with Crippen LogP contribution in [-0.2, 0) is 0 Å². The van der Waals surface area contributed by atoms with Crippen molar-refractivity contribution in [2.45, 2.75) is 11.8 Å². The molecule has 94 heavy (non-hydrogen) atoms. The lowest BCUT2D eigenvalue weighted by atomic mass is 9.60. The smallest absolute Gasteiger partial charge is 0.164 e. The van der Waals surface area contributed by atoms with Gasteiger partial charge in [-0.2, -0.15) is 0 Å². The molecule has 8 nitrogen and oxygen atoms in total. The molecule has 0 aliphatic heterocycles. The zero-order valence-corrected chi connectivity index (χ0v) is 50.5. The first kappa shape index (κ1) is 53.3. The van der Waals surface area contributed by atoms with Crippen molar-refractivity contribution in [3.05, 3.63) is 337 Å². The van der Waals surface area contributed by atoms with Gasteiger partial charge in [0.2, 0.25) is 0 Å². The standard InChI is InChI=1S/C86H52N6O2/c1-3-17-53(18-4-1)81-87-83(91-85(89-81)61-23-13-21-59(47-61)63-29-15-31-71-65-25-9-11-33-75(65)93-79(63)71)55-39-35-51(36-40-55)57-43-45-69-73(49-57)77-67-27-7-8-28-68(67)78(69)74-50-58(44-46-70(74)77)52-37-41-56(42-38-52)84-88-82(54-19-5-2-6-20-54)90-86(92-84)62-24-14-22-60(48-62)64-30-16-32-72-66-26-10-12-34-76(66)94-80(64)72/h1-50,77-78H. The van der Waals surface area contributed by atoms with E-state index in [9.17, 15) is 0 Å². The van der Waals surface area contributed by atoms with Crippen molar-refractivity contribution in [1.82, 2.24) is 29.9 Å². The number of aromatic nitrogens is 6. The van der Waals surface area contributed by atoms with E-state index in [1.165, 1.54) is 33.4 Å². The second kappa shape index (κ2) is 21.6. The molecule has 2 atom stereocenters. The molecule has 13 aromatic carbocycles. The van der Waals surface area contributed by atoms with Crippen LogP contribution in [0.4, 0.5) is 0 Å². The molecule has 3 aliphatic rings. The van der Waals surface area contributed by atoms with Crippen LogP contribution in [0.3, 0.4) is 0 Å². The third kappa shape index (κ3) is 8.90. The first-order valence-corrected chi connectivity index (χ1v) is 31.8. The van der Waals surface area contributed by atoms with Crippen molar-refractivity contribution in [2.24, 2.45) is 0 Å². The van der Waals surface area contributed by atoms with Crippen LogP contribution in [0.1, 0.15) is 45.2 Å². The number of benzene rings is 13. The number of hydrogen-bond donors (Lipinski definition) is 0. The number of hydrogen-bond acceptors (Lipinski definition) is 8. The van der Waals surface area contributed by atoms with E-state index in [1.807, 2.05) is 84.9 Å². The molecule has 0 saturated heterocycles. The van der Waals surface area contributed by atoms with Gasteiger partial charge in [-0.25, -0.2) is 29.9 Å². The first-order chi connectivity index (χ1) is 46.5. The zero-order chi connectivity index (χ0) is 61.8. The maximum Gasteiger partial charge on any atom is 0.164 e. The quantitative estimate of drug-likeness (QED) is 0.133. The summed E-state index contributed by atoms with van der Waals surface area (Å²) in [5.41, 5.74) is 25.7. The van der Waals surface area contributed by atoms with Gasteiger partial charge in [0.15, 0.2) is 34.9 Å². The Balaban J connectivity index is 0.626. The molecule has 0 N–H and O–H groups in total. The van der Waals surface area contributed by atoms with E-state index in [-0.39, 0.29) is 11.8 Å². The topological polar surface area (TPSA) is 104 Å². The van der Waals surface area contributed by atoms with Crippen molar-refractivity contribution < 1.29 is 8.83 Å². The minimum absolute atomic E-state index is 0.0866. The molecule has 438 valence electrons. The van der Waals surface area contributed by atoms with Gasteiger partial charge in [-0.3, -0.25) is 0 Å². The maximum atomic E-state index is 6.47. The fourth-order valence-electron chi connectivity index (χ4n) is 14.5. The average molecular weight is 1200 g/mol. The first-order valence-electron chi connectivity index (χ1n) is 31.8. The van der Waals surface area contributed by atoms with E-state index in [0.29, 0.717) is 34.9 Å². The molecule has 0 saturated carbocycles. The van der Waals surface area contributed by atoms with Crippen LogP contribution < -0.4 is 0 Å². The number of fused-ring (bicyclic) bond motifs is 6. The molecule has 0 fully saturated rings. The molecule has 2 unspecified atom stereocenters. The Morgan fingerprint density at radius 3 is 0.915 bits per heavy atom. The molecule has 0 radical (unpaired) electrons. The number of furan rings is 2. The highest BCUT2D eigenvalue weighted by Crippen LogP contribution is 2.57. The summed E-state index contributed by atoms with van der Waals surface area (Å²) in [4.78, 5) is 30.8. The summed E-state index contributed by atoms with van der Waals surface area (Å²) in [7, 11) is 0. The van der Waals surface area contributed by atoms with Crippen LogP contribution in [0.5, 0.6) is 0 Å². The molecule has 4 aromatic heterocycles. The van der Waals surface area contributed by atoms with Gasteiger partial charge in [0.1, 0.15) is 22.3 Å². The van der Waals surface area contributed by atoms with Gasteiger partial charge in [0, 0.05) is 77.9 Å². The van der Waals surface area contributed by atoms with Gasteiger partial charge in [0.05, 0.1) is 0 Å². The lowest BCUT2D eigenvalue weighted by Crippen LogP contribution is -2.27. The Morgan fingerprint density at radius 1 is 0.191 bits per heavy atom. The Hall–Kier alpha value is -12.5. The van der Waals surface area contributed by atoms with Crippen LogP contribution in [0.25, 0.3) is 157 Å². The van der Waals surface area contributed by atoms with Crippen LogP contribution in [-0.4, -0.2) is 29.9 Å². The second-order valence-corrected chi connectivity index (χ2v) is 24.4. The predicted octanol–water partition coefficient (Wildman–Crippen LogP) is 21.5. The highest BCUT2D eigenvalue weighted by molar-refractivity contribution is 6.11. The lowest BCUT2D eigenvalue weighted by Gasteiger charge is -2.42. The van der Waals surface area contributed by atoms with E-state index >= 15 is 0 Å². The van der Waals surface area contributed by atoms with E-state index in [4.69, 9.17) is 38.7 Å². The zero-order valence-electron chi connectivity index (χ0n) is 50.5. The van der Waals surface area contributed by atoms with Crippen molar-refractivity contribution in [3.63, 3.8) is 0 Å². The van der Waals surface area contributed by atoms with Crippen molar-refractivity contribution in [3.8, 4) is 113 Å². The van der Waals surface area contributed by atoms with Gasteiger partial charge >= 0.3 is 0 Å². The Morgan fingerprint density at radius 2 is 0.489 bits per heavy atom. The van der Waals surface area contributed by atoms with Crippen molar-refractivity contribution in [1.29, 1.82) is 0 Å². The fourth-order valence-corrected chi connectivity index (χ4v) is 14.5. The highest BCUT2D eigenvalue weighted by atomic mass is 16.3. The van der Waals surface area contributed by atoms with E-state index in [1.54, 1.807) is 0 Å². The lowest BCUT2D eigenvalue weighted by molar-refractivity contribution is 0.669. The third-order valence-corrected chi connectivity index (χ3v) is 19.0. The predicted molar refractivity (Wildman–Crippen MR) is 377 cm³/mol. The van der Waals surface area contributed by atoms with E-state index in [0.717, 1.165) is 122 Å². The van der Waals surface area contributed by atoms with Gasteiger partial charge < -0.3 is 8.83 Å². The summed E-state index contributed by atoms with van der Waals surface area (Å²) >= 11 is 0. The highest BCUT2D eigenvalue weighted by Gasteiger charge is 2.41. The molecule has 4 heterocycles. The minimum atomic E-state index is 0.0866. The molecule has 20 rings (SSSR count). The molecular formula is C86H52N6O2. The van der Waals surface area contributed by atoms with Crippen LogP contribution in [0.2, 0.25) is 0 Å². The Bertz CT molecular complexity index is 5520. The molecule has 0 amide bonds. The van der Waals surface area contributed by atoms with Gasteiger partial charge in [0.25, 0.3) is 0 Å². The fraction of sp³-hybridized carbons (Fsp3) is 0.0233. The summed E-state index contributed by atoms with van der Waals surface area (Å²) < 4.78 is 12.9. The summed E-state index contributed by atoms with van der Waals surface area (Å²) in [5.74, 6) is 3.80. The van der Waals surface area contributed by atoms with Gasteiger partial charge in [-0.1, -0.05) is 267 Å². The molecular weight excluding hydrogens is 1150 g/mol. The van der Waals surface area contributed by atoms with Crippen LogP contribution in [0.15, 0.2) is 312 Å². The van der Waals surface area contributed by atoms with Crippen molar-refractivity contribution >= 4 is 43.9 Å². The number of rotatable bonds is 10. The van der Waals surface area contributed by atoms with E-state index < -0.39 is 0 Å². The van der Waals surface area contributed by atoms with Crippen LogP contribution >= 0.6 is 0 Å². The number of nitrogens with zero attached hydrogens (tertiary/aromatic N) is 6. The largest absolute Gasteiger partial charge is 0.455 e. The Labute approximate surface area is 540 Å². The minimum Gasteiger partial charge on any atom is -0.455 e. The van der Waals surface area contributed by atoms with Crippen molar-refractivity contribution in [2.75, 3.05) is 0 Å². The summed E-state index contributed by atoms with van der Waals surface area (Å²) in [6, 6.07) is 107. The number of para-hydroxylation sites is 4.